The van der Waals surface area contributed by atoms with E-state index in [4.69, 9.17) is 11.6 Å². The molecule has 162 valence electrons. The lowest BCUT2D eigenvalue weighted by molar-refractivity contribution is -0.123. The van der Waals surface area contributed by atoms with Gasteiger partial charge in [0, 0.05) is 0 Å². The van der Waals surface area contributed by atoms with Gasteiger partial charge in [-0.3, -0.25) is 9.59 Å². The first kappa shape index (κ1) is 24.3. The van der Waals surface area contributed by atoms with E-state index < -0.39 is 6.04 Å². The van der Waals surface area contributed by atoms with Crippen LogP contribution in [0.25, 0.3) is 0 Å². The molecule has 4 nitrogen and oxygen atoms in total. The Balaban J connectivity index is 2.05. The number of thioether (sulfide) groups is 1. The first-order chi connectivity index (χ1) is 14.3. The van der Waals surface area contributed by atoms with Gasteiger partial charge in [-0.1, -0.05) is 61.8 Å². The summed E-state index contributed by atoms with van der Waals surface area (Å²) in [5, 5.41) is 6.26. The molecule has 0 spiro atoms. The normalized spacial score (nSPS) is 13.0. The molecule has 0 fully saturated rings. The molecule has 0 radical (unpaired) electrons. The van der Waals surface area contributed by atoms with Crippen LogP contribution in [0.5, 0.6) is 0 Å². The van der Waals surface area contributed by atoms with E-state index in [9.17, 15) is 9.59 Å². The highest BCUT2D eigenvalue weighted by molar-refractivity contribution is 7.98. The molecule has 2 N–H and O–H groups in total. The number of hydrogen-bond acceptors (Lipinski definition) is 3. The molecule has 0 aliphatic carbocycles. The Bertz CT molecular complexity index is 839. The molecule has 0 aliphatic heterocycles. The van der Waals surface area contributed by atoms with Crippen LogP contribution < -0.4 is 10.6 Å². The first-order valence-electron chi connectivity index (χ1n) is 10.2. The zero-order valence-corrected chi connectivity index (χ0v) is 19.6. The first-order valence-corrected chi connectivity index (χ1v) is 12.0. The monoisotopic (exact) mass is 446 g/mol. The lowest BCUT2D eigenvalue weighted by Crippen LogP contribution is -2.47. The van der Waals surface area contributed by atoms with Gasteiger partial charge in [0.15, 0.2) is 0 Å². The molecule has 0 heterocycles. The van der Waals surface area contributed by atoms with E-state index in [1.54, 1.807) is 36.0 Å². The van der Waals surface area contributed by atoms with Crippen LogP contribution in [-0.2, 0) is 11.2 Å². The Hall–Kier alpha value is -1.98. The molecular formula is C24H31ClN2O2S. The highest BCUT2D eigenvalue weighted by atomic mass is 35.5. The maximum atomic E-state index is 12.9. The largest absolute Gasteiger partial charge is 0.348 e. The summed E-state index contributed by atoms with van der Waals surface area (Å²) in [6, 6.07) is 14.4. The Morgan fingerprint density at radius 3 is 2.27 bits per heavy atom. The van der Waals surface area contributed by atoms with Gasteiger partial charge in [-0.2, -0.15) is 11.8 Å². The number of rotatable bonds is 10. The van der Waals surface area contributed by atoms with Crippen LogP contribution in [0.1, 0.15) is 54.7 Å². The summed E-state index contributed by atoms with van der Waals surface area (Å²) in [7, 11) is 0. The summed E-state index contributed by atoms with van der Waals surface area (Å²) in [4.78, 5) is 25.6. The summed E-state index contributed by atoms with van der Waals surface area (Å²) in [5.74, 6) is 0.835. The van der Waals surface area contributed by atoms with Gasteiger partial charge in [-0.25, -0.2) is 0 Å². The average Bonchev–Trinajstić information content (AvgIpc) is 2.71. The minimum absolute atomic E-state index is 0.153. The maximum absolute atomic E-state index is 12.9. The second-order valence-corrected chi connectivity index (χ2v) is 9.25. The van der Waals surface area contributed by atoms with Crippen LogP contribution in [0.3, 0.4) is 0 Å². The van der Waals surface area contributed by atoms with Crippen LogP contribution in [-0.4, -0.2) is 29.9 Å². The number of amides is 2. The lowest BCUT2D eigenvalue weighted by atomic mass is 10.00. The van der Waals surface area contributed by atoms with Crippen molar-refractivity contribution in [1.29, 1.82) is 0 Å². The third-order valence-corrected chi connectivity index (χ3v) is 5.81. The van der Waals surface area contributed by atoms with E-state index in [0.717, 1.165) is 17.7 Å². The van der Waals surface area contributed by atoms with E-state index >= 15 is 0 Å². The fraction of sp³-hybridized carbons (Fsp3) is 0.417. The summed E-state index contributed by atoms with van der Waals surface area (Å²) < 4.78 is 0. The van der Waals surface area contributed by atoms with Crippen molar-refractivity contribution < 1.29 is 9.59 Å². The van der Waals surface area contributed by atoms with Crippen LogP contribution >= 0.6 is 23.4 Å². The Labute approximate surface area is 189 Å². The zero-order valence-electron chi connectivity index (χ0n) is 18.1. The third kappa shape index (κ3) is 7.37. The molecule has 2 amide bonds. The predicted octanol–water partition coefficient (Wildman–Crippen LogP) is 5.27. The summed E-state index contributed by atoms with van der Waals surface area (Å²) >= 11 is 7.77. The zero-order chi connectivity index (χ0) is 22.1. The van der Waals surface area contributed by atoms with E-state index in [1.807, 2.05) is 13.2 Å². The summed E-state index contributed by atoms with van der Waals surface area (Å²) in [6.45, 7) is 6.35. The number of carbonyl (C=O) groups excluding carboxylic acids is 2. The molecule has 0 aromatic heterocycles. The number of hydrogen-bond donors (Lipinski definition) is 2. The molecule has 30 heavy (non-hydrogen) atoms. The predicted molar refractivity (Wildman–Crippen MR) is 127 cm³/mol. The Morgan fingerprint density at radius 2 is 1.67 bits per heavy atom. The van der Waals surface area contributed by atoms with E-state index in [-0.39, 0.29) is 17.9 Å². The summed E-state index contributed by atoms with van der Waals surface area (Å²) in [5.41, 5.74) is 2.70. The van der Waals surface area contributed by atoms with Crippen molar-refractivity contribution in [1.82, 2.24) is 10.6 Å². The fourth-order valence-electron chi connectivity index (χ4n) is 3.20. The lowest BCUT2D eigenvalue weighted by Gasteiger charge is -2.22. The van der Waals surface area contributed by atoms with E-state index in [2.05, 4.69) is 48.7 Å². The highest BCUT2D eigenvalue weighted by Gasteiger charge is 2.23. The fourth-order valence-corrected chi connectivity index (χ4v) is 3.89. The quantitative estimate of drug-likeness (QED) is 0.522. The van der Waals surface area contributed by atoms with Gasteiger partial charge in [0.25, 0.3) is 5.91 Å². The van der Waals surface area contributed by atoms with E-state index in [1.165, 1.54) is 5.56 Å². The van der Waals surface area contributed by atoms with Crippen molar-refractivity contribution in [2.45, 2.75) is 45.7 Å². The molecule has 0 saturated carbocycles. The molecular weight excluding hydrogens is 416 g/mol. The van der Waals surface area contributed by atoms with Crippen molar-refractivity contribution in [3.8, 4) is 0 Å². The molecule has 0 aliphatic rings. The van der Waals surface area contributed by atoms with Gasteiger partial charge in [0.05, 0.1) is 16.6 Å². The van der Waals surface area contributed by atoms with Gasteiger partial charge in [-0.15, -0.1) is 0 Å². The van der Waals surface area contributed by atoms with E-state index in [0.29, 0.717) is 22.9 Å². The molecule has 0 bridgehead atoms. The van der Waals surface area contributed by atoms with Crippen LogP contribution in [0.2, 0.25) is 5.02 Å². The minimum Gasteiger partial charge on any atom is -0.348 e. The topological polar surface area (TPSA) is 58.2 Å². The molecule has 0 saturated heterocycles. The van der Waals surface area contributed by atoms with Crippen molar-refractivity contribution in [3.63, 3.8) is 0 Å². The Kier molecular flexibility index (Phi) is 9.73. The SMILES string of the molecule is CSCCC(NC(=O)c1ccccc1Cl)C(=O)NC(C)c1ccc(CC(C)C)cc1. The second kappa shape index (κ2) is 12.0. The number of carbonyl (C=O) groups is 2. The Morgan fingerprint density at radius 1 is 1.00 bits per heavy atom. The molecule has 2 aromatic carbocycles. The average molecular weight is 447 g/mol. The van der Waals surface area contributed by atoms with Crippen LogP contribution in [0.4, 0.5) is 0 Å². The van der Waals surface area contributed by atoms with Gasteiger partial charge in [0.2, 0.25) is 5.91 Å². The molecule has 2 rings (SSSR count). The van der Waals surface area contributed by atoms with Crippen molar-refractivity contribution in [3.05, 3.63) is 70.2 Å². The molecule has 2 aromatic rings. The standard InChI is InChI=1S/C24H31ClN2O2S/c1-16(2)15-18-9-11-19(12-10-18)17(3)26-24(29)22(13-14-30-4)27-23(28)20-7-5-6-8-21(20)25/h5-12,16-17,22H,13-15H2,1-4H3,(H,26,29)(H,27,28). The van der Waals surface area contributed by atoms with Crippen LogP contribution in [0.15, 0.2) is 48.5 Å². The smallest absolute Gasteiger partial charge is 0.253 e. The van der Waals surface area contributed by atoms with Gasteiger partial charge >= 0.3 is 0 Å². The van der Waals surface area contributed by atoms with Crippen molar-refractivity contribution in [2.24, 2.45) is 5.92 Å². The van der Waals surface area contributed by atoms with Crippen LogP contribution in [0, 0.1) is 5.92 Å². The minimum atomic E-state index is -0.621. The molecule has 2 atom stereocenters. The van der Waals surface area contributed by atoms with Gasteiger partial charge < -0.3 is 10.6 Å². The highest BCUT2D eigenvalue weighted by Crippen LogP contribution is 2.17. The summed E-state index contributed by atoms with van der Waals surface area (Å²) in [6.07, 6.45) is 3.56. The molecule has 2 unspecified atom stereocenters. The third-order valence-electron chi connectivity index (χ3n) is 4.83. The van der Waals surface area contributed by atoms with Gasteiger partial charge in [0.1, 0.15) is 6.04 Å². The maximum Gasteiger partial charge on any atom is 0.253 e. The number of halogens is 1. The van der Waals surface area contributed by atoms with Crippen molar-refractivity contribution >= 4 is 35.2 Å². The van der Waals surface area contributed by atoms with Gasteiger partial charge in [-0.05, 0) is 61.0 Å². The number of nitrogens with one attached hydrogen (secondary N) is 2. The molecule has 6 heteroatoms. The van der Waals surface area contributed by atoms with Crippen molar-refractivity contribution in [2.75, 3.05) is 12.0 Å². The number of benzene rings is 2. The second-order valence-electron chi connectivity index (χ2n) is 7.86.